The van der Waals surface area contributed by atoms with Crippen molar-refractivity contribution in [1.29, 1.82) is 0 Å². The van der Waals surface area contributed by atoms with Gasteiger partial charge in [-0.1, -0.05) is 25.0 Å². The molecule has 0 amide bonds. The lowest BCUT2D eigenvalue weighted by Gasteiger charge is -2.28. The van der Waals surface area contributed by atoms with Gasteiger partial charge in [0.1, 0.15) is 0 Å². The highest BCUT2D eigenvalue weighted by Gasteiger charge is 2.34. The van der Waals surface area contributed by atoms with Crippen LogP contribution >= 0.6 is 0 Å². The molecule has 2 rings (SSSR count). The molecular weight excluding hydrogens is 294 g/mol. The summed E-state index contributed by atoms with van der Waals surface area (Å²) in [4.78, 5) is 11.0. The van der Waals surface area contributed by atoms with E-state index in [1.54, 1.807) is 0 Å². The highest BCUT2D eigenvalue weighted by atomic mass is 32.2. The first-order valence-corrected chi connectivity index (χ1v) is 8.37. The Morgan fingerprint density at radius 1 is 1.24 bits per heavy atom. The first kappa shape index (κ1) is 15.9. The van der Waals surface area contributed by atoms with Gasteiger partial charge in [0.25, 0.3) is 0 Å². The Labute approximate surface area is 124 Å². The molecule has 1 saturated heterocycles. The molecule has 0 aliphatic carbocycles. The summed E-state index contributed by atoms with van der Waals surface area (Å²) in [5.74, 6) is -1.27. The molecule has 1 atom stereocenters. The largest absolute Gasteiger partial charge is 0.478 e. The molecule has 1 fully saturated rings. The molecular formula is C14H19NO5S. The van der Waals surface area contributed by atoms with Crippen molar-refractivity contribution in [1.82, 2.24) is 4.31 Å². The number of carboxylic acid groups (broad SMARTS) is 1. The summed E-state index contributed by atoms with van der Waals surface area (Å²) in [5, 5.41) is 18.6. The van der Waals surface area contributed by atoms with Crippen molar-refractivity contribution >= 4 is 16.0 Å². The molecule has 116 valence electrons. The molecule has 0 radical (unpaired) electrons. The van der Waals surface area contributed by atoms with Gasteiger partial charge < -0.3 is 10.2 Å². The van der Waals surface area contributed by atoms with Gasteiger partial charge in [0.2, 0.25) is 10.0 Å². The van der Waals surface area contributed by atoms with Crippen LogP contribution in [-0.4, -0.2) is 48.1 Å². The van der Waals surface area contributed by atoms with Crippen LogP contribution in [0.4, 0.5) is 0 Å². The van der Waals surface area contributed by atoms with E-state index in [4.69, 9.17) is 0 Å². The minimum absolute atomic E-state index is 0.210. The summed E-state index contributed by atoms with van der Waals surface area (Å²) < 4.78 is 26.8. The number of rotatable bonds is 4. The van der Waals surface area contributed by atoms with Crippen molar-refractivity contribution in [2.45, 2.75) is 36.6 Å². The number of sulfonamides is 1. The molecule has 1 aromatic rings. The third kappa shape index (κ3) is 3.25. The molecule has 0 aromatic heterocycles. The van der Waals surface area contributed by atoms with Gasteiger partial charge in [-0.3, -0.25) is 0 Å². The van der Waals surface area contributed by atoms with E-state index in [1.165, 1.54) is 28.6 Å². The maximum atomic E-state index is 12.8. The Bertz CT molecular complexity index is 614. The van der Waals surface area contributed by atoms with Gasteiger partial charge in [-0.05, 0) is 25.0 Å². The van der Waals surface area contributed by atoms with Crippen molar-refractivity contribution in [3.63, 3.8) is 0 Å². The summed E-state index contributed by atoms with van der Waals surface area (Å²) in [6, 6.07) is 5.10. The third-order valence-electron chi connectivity index (χ3n) is 3.74. The number of aromatic carboxylic acids is 1. The van der Waals surface area contributed by atoms with E-state index in [9.17, 15) is 23.4 Å². The summed E-state index contributed by atoms with van der Waals surface area (Å²) in [6.07, 6.45) is 3.07. The number of nitrogens with zero attached hydrogens (tertiary/aromatic N) is 1. The summed E-state index contributed by atoms with van der Waals surface area (Å²) in [7, 11) is -3.93. The maximum Gasteiger partial charge on any atom is 0.337 e. The monoisotopic (exact) mass is 313 g/mol. The molecule has 1 heterocycles. The van der Waals surface area contributed by atoms with Crippen LogP contribution in [0.2, 0.25) is 0 Å². The van der Waals surface area contributed by atoms with Crippen LogP contribution in [0.15, 0.2) is 29.2 Å². The van der Waals surface area contributed by atoms with E-state index < -0.39 is 22.0 Å². The van der Waals surface area contributed by atoms with E-state index in [-0.39, 0.29) is 17.1 Å². The minimum atomic E-state index is -3.93. The molecule has 1 aromatic carbocycles. The number of benzene rings is 1. The van der Waals surface area contributed by atoms with Crippen LogP contribution in [0.5, 0.6) is 0 Å². The van der Waals surface area contributed by atoms with Crippen LogP contribution in [0.3, 0.4) is 0 Å². The van der Waals surface area contributed by atoms with Gasteiger partial charge in [-0.2, -0.15) is 4.31 Å². The van der Waals surface area contributed by atoms with E-state index >= 15 is 0 Å². The van der Waals surface area contributed by atoms with Gasteiger partial charge in [-0.25, -0.2) is 13.2 Å². The summed E-state index contributed by atoms with van der Waals surface area (Å²) in [5.41, 5.74) is -0.238. The smallest absolute Gasteiger partial charge is 0.337 e. The molecule has 0 saturated carbocycles. The van der Waals surface area contributed by atoms with Crippen molar-refractivity contribution in [3.8, 4) is 0 Å². The quantitative estimate of drug-likeness (QED) is 0.874. The molecule has 0 spiro atoms. The lowest BCUT2D eigenvalue weighted by atomic mass is 10.1. The first-order valence-electron chi connectivity index (χ1n) is 6.93. The zero-order valence-corrected chi connectivity index (χ0v) is 12.4. The Hall–Kier alpha value is -1.44. The van der Waals surface area contributed by atoms with Gasteiger partial charge in [0.05, 0.1) is 17.1 Å². The highest BCUT2D eigenvalue weighted by molar-refractivity contribution is 7.89. The Kier molecular flexibility index (Phi) is 4.97. The SMILES string of the molecule is O=C(O)c1ccccc1S(=O)(=O)N1CCCCCC1CO. The lowest BCUT2D eigenvalue weighted by molar-refractivity contribution is 0.0692. The van der Waals surface area contributed by atoms with Crippen molar-refractivity contribution < 1.29 is 23.4 Å². The van der Waals surface area contributed by atoms with Crippen molar-refractivity contribution in [2.75, 3.05) is 13.2 Å². The first-order chi connectivity index (χ1) is 9.98. The second-order valence-corrected chi connectivity index (χ2v) is 6.96. The predicted molar refractivity (Wildman–Crippen MR) is 76.6 cm³/mol. The van der Waals surface area contributed by atoms with Gasteiger partial charge in [0.15, 0.2) is 0 Å². The Balaban J connectivity index is 2.47. The second kappa shape index (κ2) is 6.55. The highest BCUT2D eigenvalue weighted by Crippen LogP contribution is 2.26. The molecule has 21 heavy (non-hydrogen) atoms. The van der Waals surface area contributed by atoms with Gasteiger partial charge in [-0.15, -0.1) is 0 Å². The fraction of sp³-hybridized carbons (Fsp3) is 0.500. The van der Waals surface area contributed by atoms with Crippen LogP contribution in [-0.2, 0) is 10.0 Å². The molecule has 2 N–H and O–H groups in total. The van der Waals surface area contributed by atoms with Crippen LogP contribution in [0.1, 0.15) is 36.0 Å². The number of carboxylic acids is 1. The van der Waals surface area contributed by atoms with E-state index in [2.05, 4.69) is 0 Å². The lowest BCUT2D eigenvalue weighted by Crippen LogP contribution is -2.42. The van der Waals surface area contributed by atoms with Crippen molar-refractivity contribution in [3.05, 3.63) is 29.8 Å². The molecule has 1 unspecified atom stereocenters. The average Bonchev–Trinajstić information content (AvgIpc) is 2.72. The van der Waals surface area contributed by atoms with Crippen LogP contribution < -0.4 is 0 Å². The topological polar surface area (TPSA) is 94.9 Å². The van der Waals surface area contributed by atoms with Crippen molar-refractivity contribution in [2.24, 2.45) is 0 Å². The van der Waals surface area contributed by atoms with Gasteiger partial charge in [0, 0.05) is 12.6 Å². The molecule has 1 aliphatic rings. The minimum Gasteiger partial charge on any atom is -0.478 e. The Morgan fingerprint density at radius 2 is 1.95 bits per heavy atom. The van der Waals surface area contributed by atoms with Crippen LogP contribution in [0, 0.1) is 0 Å². The van der Waals surface area contributed by atoms with Crippen LogP contribution in [0.25, 0.3) is 0 Å². The number of hydrogen-bond donors (Lipinski definition) is 2. The zero-order valence-electron chi connectivity index (χ0n) is 11.6. The van der Waals surface area contributed by atoms with E-state index in [0.29, 0.717) is 19.4 Å². The normalized spacial score (nSPS) is 20.9. The number of aliphatic hydroxyl groups is 1. The number of carbonyl (C=O) groups is 1. The molecule has 6 nitrogen and oxygen atoms in total. The predicted octanol–water partition coefficient (Wildman–Crippen LogP) is 1.31. The molecule has 0 bridgehead atoms. The third-order valence-corrected chi connectivity index (χ3v) is 5.75. The fourth-order valence-electron chi connectivity index (χ4n) is 2.64. The van der Waals surface area contributed by atoms with E-state index in [1.807, 2.05) is 0 Å². The summed E-state index contributed by atoms with van der Waals surface area (Å²) >= 11 is 0. The van der Waals surface area contributed by atoms with E-state index in [0.717, 1.165) is 12.8 Å². The average molecular weight is 313 g/mol. The number of aliphatic hydroxyl groups excluding tert-OH is 1. The fourth-order valence-corrected chi connectivity index (χ4v) is 4.51. The number of hydrogen-bond acceptors (Lipinski definition) is 4. The Morgan fingerprint density at radius 3 is 2.62 bits per heavy atom. The maximum absolute atomic E-state index is 12.8. The zero-order chi connectivity index (χ0) is 15.5. The standard InChI is InChI=1S/C14H19NO5S/c16-10-11-6-2-1-5-9-15(11)21(19,20)13-8-4-3-7-12(13)14(17)18/h3-4,7-8,11,16H,1-2,5-6,9-10H2,(H,17,18). The van der Waals surface area contributed by atoms with Gasteiger partial charge >= 0.3 is 5.97 Å². The second-order valence-electron chi connectivity index (χ2n) is 5.10. The summed E-state index contributed by atoms with van der Waals surface area (Å²) in [6.45, 7) is 0.0516. The molecule has 1 aliphatic heterocycles. The molecule has 7 heteroatoms.